The third kappa shape index (κ3) is 4.17. The first kappa shape index (κ1) is 17.4. The fourth-order valence-corrected chi connectivity index (χ4v) is 4.02. The summed E-state index contributed by atoms with van der Waals surface area (Å²) < 4.78 is 6.02. The van der Waals surface area contributed by atoms with Crippen molar-refractivity contribution in [3.63, 3.8) is 0 Å². The molecule has 4 heteroatoms. The number of likely N-dealkylation sites (tertiary alicyclic amines) is 1. The topological polar surface area (TPSA) is 55.6 Å². The van der Waals surface area contributed by atoms with Crippen LogP contribution in [0.1, 0.15) is 51.0 Å². The van der Waals surface area contributed by atoms with Crippen LogP contribution in [0.15, 0.2) is 30.3 Å². The molecular weight excluding hydrogens is 300 g/mol. The first-order valence-electron chi connectivity index (χ1n) is 9.29. The molecule has 1 aromatic carbocycles. The number of nitrogens with zero attached hydrogens (tertiary/aromatic N) is 1. The van der Waals surface area contributed by atoms with Gasteiger partial charge in [0, 0.05) is 18.6 Å². The van der Waals surface area contributed by atoms with Crippen LogP contribution in [0.5, 0.6) is 0 Å². The summed E-state index contributed by atoms with van der Waals surface area (Å²) in [6, 6.07) is 10.3. The van der Waals surface area contributed by atoms with Crippen LogP contribution in [0.4, 0.5) is 0 Å². The molecule has 0 spiro atoms. The second-order valence-corrected chi connectivity index (χ2v) is 7.63. The van der Waals surface area contributed by atoms with E-state index in [1.807, 2.05) is 30.0 Å². The van der Waals surface area contributed by atoms with E-state index in [9.17, 15) is 4.79 Å². The fourth-order valence-electron chi connectivity index (χ4n) is 4.02. The van der Waals surface area contributed by atoms with Gasteiger partial charge in [0.15, 0.2) is 0 Å². The predicted octanol–water partition coefficient (Wildman–Crippen LogP) is 3.10. The second-order valence-electron chi connectivity index (χ2n) is 7.63. The van der Waals surface area contributed by atoms with Crippen molar-refractivity contribution in [2.24, 2.45) is 11.7 Å². The molecule has 1 saturated heterocycles. The molecule has 1 aromatic rings. The maximum Gasteiger partial charge on any atom is 0.227 e. The van der Waals surface area contributed by atoms with Gasteiger partial charge in [-0.1, -0.05) is 43.2 Å². The van der Waals surface area contributed by atoms with Gasteiger partial charge < -0.3 is 15.4 Å². The number of carbonyl (C=O) groups excluding carboxylic acids is 1. The molecule has 0 bridgehead atoms. The van der Waals surface area contributed by atoms with E-state index in [4.69, 9.17) is 10.5 Å². The largest absolute Gasteiger partial charge is 0.373 e. The minimum atomic E-state index is -0.337. The maximum absolute atomic E-state index is 12.9. The second kappa shape index (κ2) is 7.66. The highest BCUT2D eigenvalue weighted by Gasteiger charge is 2.40. The van der Waals surface area contributed by atoms with E-state index in [1.54, 1.807) is 0 Å². The summed E-state index contributed by atoms with van der Waals surface area (Å²) in [6.07, 6.45) is 6.27. The average molecular weight is 330 g/mol. The molecule has 2 atom stereocenters. The number of carbonyl (C=O) groups is 1. The summed E-state index contributed by atoms with van der Waals surface area (Å²) in [4.78, 5) is 14.9. The standard InChI is InChI=1S/C20H30N2O2/c1-20(21)12-6-5-9-18(20)19(23)22-13-10-17(11-14-22)24-15-16-7-3-2-4-8-16/h2-4,7-8,17-18H,5-6,9-15,21H2,1H3. The maximum atomic E-state index is 12.9. The molecule has 132 valence electrons. The third-order valence-electron chi connectivity index (χ3n) is 5.63. The molecular formula is C20H30N2O2. The van der Waals surface area contributed by atoms with E-state index in [0.717, 1.165) is 51.6 Å². The van der Waals surface area contributed by atoms with Gasteiger partial charge in [0.25, 0.3) is 0 Å². The number of amides is 1. The molecule has 3 rings (SSSR count). The summed E-state index contributed by atoms with van der Waals surface area (Å²) in [6.45, 7) is 4.29. The van der Waals surface area contributed by atoms with Crippen LogP contribution in [0, 0.1) is 5.92 Å². The number of hydrogen-bond donors (Lipinski definition) is 1. The molecule has 4 nitrogen and oxygen atoms in total. The summed E-state index contributed by atoms with van der Waals surface area (Å²) in [7, 11) is 0. The first-order valence-corrected chi connectivity index (χ1v) is 9.29. The lowest BCUT2D eigenvalue weighted by molar-refractivity contribution is -0.141. The van der Waals surface area contributed by atoms with Gasteiger partial charge in [0.1, 0.15) is 0 Å². The van der Waals surface area contributed by atoms with Gasteiger partial charge in [-0.15, -0.1) is 0 Å². The van der Waals surface area contributed by atoms with E-state index in [-0.39, 0.29) is 23.5 Å². The molecule has 1 saturated carbocycles. The Balaban J connectivity index is 1.47. The normalized spacial score (nSPS) is 28.8. The van der Waals surface area contributed by atoms with Crippen LogP contribution in [0.2, 0.25) is 0 Å². The number of rotatable bonds is 4. The van der Waals surface area contributed by atoms with E-state index in [0.29, 0.717) is 6.61 Å². The monoisotopic (exact) mass is 330 g/mol. The van der Waals surface area contributed by atoms with Gasteiger partial charge in [-0.2, -0.15) is 0 Å². The van der Waals surface area contributed by atoms with Gasteiger partial charge >= 0.3 is 0 Å². The Labute approximate surface area is 145 Å². The van der Waals surface area contributed by atoms with Gasteiger partial charge in [-0.05, 0) is 38.2 Å². The lowest BCUT2D eigenvalue weighted by atomic mass is 9.74. The van der Waals surface area contributed by atoms with E-state index >= 15 is 0 Å². The van der Waals surface area contributed by atoms with Crippen molar-refractivity contribution in [1.82, 2.24) is 4.90 Å². The quantitative estimate of drug-likeness (QED) is 0.923. The first-order chi connectivity index (χ1) is 11.6. The Morgan fingerprint density at radius 1 is 1.21 bits per heavy atom. The van der Waals surface area contributed by atoms with Crippen LogP contribution in [-0.2, 0) is 16.1 Å². The Kier molecular flexibility index (Phi) is 5.57. The van der Waals surface area contributed by atoms with Crippen molar-refractivity contribution in [2.75, 3.05) is 13.1 Å². The highest BCUT2D eigenvalue weighted by Crippen LogP contribution is 2.33. The van der Waals surface area contributed by atoms with Crippen LogP contribution in [0.25, 0.3) is 0 Å². The number of benzene rings is 1. The van der Waals surface area contributed by atoms with Gasteiger partial charge in [0.2, 0.25) is 5.91 Å². The molecule has 2 unspecified atom stereocenters. The summed E-state index contributed by atoms with van der Waals surface area (Å²) in [5, 5.41) is 0. The van der Waals surface area contributed by atoms with Crippen molar-refractivity contribution in [3.05, 3.63) is 35.9 Å². The van der Waals surface area contributed by atoms with Gasteiger partial charge in [0.05, 0.1) is 18.6 Å². The van der Waals surface area contributed by atoms with E-state index in [2.05, 4.69) is 12.1 Å². The average Bonchev–Trinajstić information content (AvgIpc) is 2.60. The smallest absolute Gasteiger partial charge is 0.227 e. The van der Waals surface area contributed by atoms with Crippen LogP contribution < -0.4 is 5.73 Å². The molecule has 0 aromatic heterocycles. The van der Waals surface area contributed by atoms with E-state index < -0.39 is 0 Å². The predicted molar refractivity (Wildman–Crippen MR) is 95.4 cm³/mol. The summed E-state index contributed by atoms with van der Waals surface area (Å²) in [5.74, 6) is 0.259. The van der Waals surface area contributed by atoms with Crippen LogP contribution in [-0.4, -0.2) is 35.5 Å². The minimum Gasteiger partial charge on any atom is -0.373 e. The lowest BCUT2D eigenvalue weighted by Crippen LogP contribution is -2.55. The van der Waals surface area contributed by atoms with Gasteiger partial charge in [-0.3, -0.25) is 4.79 Å². The molecule has 2 fully saturated rings. The van der Waals surface area contributed by atoms with Crippen LogP contribution >= 0.6 is 0 Å². The Morgan fingerprint density at radius 2 is 1.92 bits per heavy atom. The fraction of sp³-hybridized carbons (Fsp3) is 0.650. The zero-order chi connectivity index (χ0) is 17.0. The number of piperidine rings is 1. The number of nitrogens with two attached hydrogens (primary N) is 1. The highest BCUT2D eigenvalue weighted by atomic mass is 16.5. The molecule has 2 N–H and O–H groups in total. The molecule has 2 aliphatic rings. The molecule has 24 heavy (non-hydrogen) atoms. The van der Waals surface area contributed by atoms with Crippen molar-refractivity contribution >= 4 is 5.91 Å². The highest BCUT2D eigenvalue weighted by molar-refractivity contribution is 5.80. The van der Waals surface area contributed by atoms with Crippen LogP contribution in [0.3, 0.4) is 0 Å². The molecule has 1 aliphatic carbocycles. The minimum absolute atomic E-state index is 0.00645. The SMILES string of the molecule is CC1(N)CCCCC1C(=O)N1CCC(OCc2ccccc2)CC1. The number of hydrogen-bond acceptors (Lipinski definition) is 3. The lowest BCUT2D eigenvalue weighted by Gasteiger charge is -2.41. The van der Waals surface area contributed by atoms with Crippen molar-refractivity contribution in [3.8, 4) is 0 Å². The third-order valence-corrected chi connectivity index (χ3v) is 5.63. The van der Waals surface area contributed by atoms with Crippen molar-refractivity contribution < 1.29 is 9.53 Å². The Morgan fingerprint density at radius 3 is 2.58 bits per heavy atom. The Bertz CT molecular complexity index is 536. The van der Waals surface area contributed by atoms with E-state index in [1.165, 1.54) is 5.56 Å². The zero-order valence-corrected chi connectivity index (χ0v) is 14.7. The van der Waals surface area contributed by atoms with Crippen molar-refractivity contribution in [2.45, 2.75) is 63.7 Å². The zero-order valence-electron chi connectivity index (χ0n) is 14.7. The van der Waals surface area contributed by atoms with Crippen molar-refractivity contribution in [1.29, 1.82) is 0 Å². The summed E-state index contributed by atoms with van der Waals surface area (Å²) >= 11 is 0. The van der Waals surface area contributed by atoms with Gasteiger partial charge in [-0.25, -0.2) is 0 Å². The molecule has 1 aliphatic heterocycles. The number of ether oxygens (including phenoxy) is 1. The molecule has 1 amide bonds. The Hall–Kier alpha value is -1.39. The summed E-state index contributed by atoms with van der Waals surface area (Å²) in [5.41, 5.74) is 7.27. The molecule has 1 heterocycles. The molecule has 0 radical (unpaired) electrons.